The minimum atomic E-state index is 0.169. The first-order chi connectivity index (χ1) is 11.2. The van der Waals surface area contributed by atoms with Crippen molar-refractivity contribution in [2.75, 3.05) is 19.8 Å². The summed E-state index contributed by atoms with van der Waals surface area (Å²) in [7, 11) is 0. The van der Waals surface area contributed by atoms with E-state index in [1.165, 1.54) is 0 Å². The van der Waals surface area contributed by atoms with Crippen LogP contribution in [0.4, 0.5) is 5.69 Å². The van der Waals surface area contributed by atoms with Crippen LogP contribution in [-0.2, 0) is 9.47 Å². The summed E-state index contributed by atoms with van der Waals surface area (Å²) in [6.45, 7) is 3.00. The molecule has 0 aliphatic rings. The van der Waals surface area contributed by atoms with Gasteiger partial charge in [-0.1, -0.05) is 41.4 Å². The van der Waals surface area contributed by atoms with Gasteiger partial charge in [0.2, 0.25) is 0 Å². The van der Waals surface area contributed by atoms with Crippen LogP contribution in [0.1, 0.15) is 6.92 Å². The van der Waals surface area contributed by atoms with Gasteiger partial charge in [-0.25, -0.2) is 0 Å². The van der Waals surface area contributed by atoms with Crippen molar-refractivity contribution in [1.29, 1.82) is 0 Å². The van der Waals surface area contributed by atoms with Crippen molar-refractivity contribution in [2.45, 2.75) is 6.92 Å². The zero-order chi connectivity index (χ0) is 16.5. The van der Waals surface area contributed by atoms with E-state index in [1.54, 1.807) is 18.2 Å². The van der Waals surface area contributed by atoms with E-state index in [0.29, 0.717) is 35.6 Å². The molecule has 2 rings (SSSR count). The molecule has 0 aliphatic carbocycles. The summed E-state index contributed by atoms with van der Waals surface area (Å²) in [5.41, 5.74) is 0.604. The fourth-order valence-electron chi connectivity index (χ4n) is 1.69. The molecule has 122 valence electrons. The normalized spacial score (nSPS) is 11.2. The molecule has 0 aliphatic heterocycles. The van der Waals surface area contributed by atoms with Crippen LogP contribution in [0, 0.1) is 0 Å². The van der Waals surface area contributed by atoms with Crippen LogP contribution in [-0.4, -0.2) is 25.9 Å². The minimum Gasteiger partial charge on any atom is -0.490 e. The molecular weight excluding hydrogens is 337 g/mol. The SMILES string of the molecule is CCOC(=Nc1ccc(Cl)c(Cl)c1)OCCOc1ccccc1. The van der Waals surface area contributed by atoms with Gasteiger partial charge in [-0.05, 0) is 37.3 Å². The Morgan fingerprint density at radius 1 is 0.957 bits per heavy atom. The number of rotatable bonds is 6. The Hall–Kier alpha value is -1.91. The van der Waals surface area contributed by atoms with Gasteiger partial charge in [0.25, 0.3) is 0 Å². The molecule has 0 fully saturated rings. The number of hydrogen-bond donors (Lipinski definition) is 0. The third kappa shape index (κ3) is 6.00. The van der Waals surface area contributed by atoms with Crippen molar-refractivity contribution in [3.63, 3.8) is 0 Å². The van der Waals surface area contributed by atoms with Gasteiger partial charge in [0, 0.05) is 0 Å². The van der Waals surface area contributed by atoms with Crippen molar-refractivity contribution in [2.24, 2.45) is 4.99 Å². The maximum Gasteiger partial charge on any atom is 0.388 e. The molecule has 2 aromatic carbocycles. The Morgan fingerprint density at radius 3 is 2.43 bits per heavy atom. The van der Waals surface area contributed by atoms with Crippen LogP contribution < -0.4 is 4.74 Å². The van der Waals surface area contributed by atoms with E-state index >= 15 is 0 Å². The van der Waals surface area contributed by atoms with Crippen molar-refractivity contribution >= 4 is 35.0 Å². The summed E-state index contributed by atoms with van der Waals surface area (Å²) < 4.78 is 16.4. The van der Waals surface area contributed by atoms with E-state index in [-0.39, 0.29) is 6.08 Å². The third-order valence-corrected chi connectivity index (χ3v) is 3.45. The Bertz CT molecular complexity index is 648. The number of benzene rings is 2. The van der Waals surface area contributed by atoms with E-state index in [4.69, 9.17) is 37.4 Å². The van der Waals surface area contributed by atoms with E-state index in [1.807, 2.05) is 37.3 Å². The topological polar surface area (TPSA) is 40.0 Å². The molecule has 0 saturated carbocycles. The molecule has 4 nitrogen and oxygen atoms in total. The number of ether oxygens (including phenoxy) is 3. The summed E-state index contributed by atoms with van der Waals surface area (Å²) in [5.74, 6) is 0.787. The molecule has 0 radical (unpaired) electrons. The lowest BCUT2D eigenvalue weighted by Crippen LogP contribution is -2.15. The largest absolute Gasteiger partial charge is 0.490 e. The molecule has 0 N–H and O–H groups in total. The van der Waals surface area contributed by atoms with Crippen LogP contribution in [0.5, 0.6) is 5.75 Å². The molecule has 0 amide bonds. The number of aliphatic imine (C=N–C) groups is 1. The second-order valence-corrected chi connectivity index (χ2v) is 5.23. The highest BCUT2D eigenvalue weighted by Crippen LogP contribution is 2.26. The van der Waals surface area contributed by atoms with Crippen LogP contribution in [0.25, 0.3) is 0 Å². The molecule has 2 aromatic rings. The van der Waals surface area contributed by atoms with E-state index in [9.17, 15) is 0 Å². The van der Waals surface area contributed by atoms with Gasteiger partial charge < -0.3 is 14.2 Å². The molecular formula is C17H17Cl2NO3. The quantitative estimate of drug-likeness (QED) is 0.411. The molecule has 0 spiro atoms. The maximum atomic E-state index is 5.97. The van der Waals surface area contributed by atoms with E-state index < -0.39 is 0 Å². The van der Waals surface area contributed by atoms with Crippen LogP contribution in [0.3, 0.4) is 0 Å². The molecule has 0 bridgehead atoms. The smallest absolute Gasteiger partial charge is 0.388 e. The van der Waals surface area contributed by atoms with Gasteiger partial charge in [-0.2, -0.15) is 4.99 Å². The number of para-hydroxylation sites is 1. The average Bonchev–Trinajstić information content (AvgIpc) is 2.56. The Morgan fingerprint density at radius 2 is 1.74 bits per heavy atom. The summed E-state index contributed by atoms with van der Waals surface area (Å²) >= 11 is 11.8. The second-order valence-electron chi connectivity index (χ2n) is 4.42. The van der Waals surface area contributed by atoms with Crippen molar-refractivity contribution in [3.8, 4) is 5.75 Å². The van der Waals surface area contributed by atoms with Crippen molar-refractivity contribution in [1.82, 2.24) is 0 Å². The van der Waals surface area contributed by atoms with Crippen LogP contribution in [0.15, 0.2) is 53.5 Å². The first-order valence-corrected chi connectivity index (χ1v) is 7.92. The zero-order valence-corrected chi connectivity index (χ0v) is 14.2. The number of nitrogens with zero attached hydrogens (tertiary/aromatic N) is 1. The highest BCUT2D eigenvalue weighted by molar-refractivity contribution is 6.42. The van der Waals surface area contributed by atoms with Gasteiger partial charge in [0.15, 0.2) is 0 Å². The summed E-state index contributed by atoms with van der Waals surface area (Å²) in [4.78, 5) is 4.27. The Balaban J connectivity index is 1.90. The van der Waals surface area contributed by atoms with E-state index in [2.05, 4.69) is 4.99 Å². The second kappa shape index (κ2) is 9.28. The monoisotopic (exact) mass is 353 g/mol. The predicted molar refractivity (Wildman–Crippen MR) is 93.1 cm³/mol. The summed E-state index contributed by atoms with van der Waals surface area (Å²) in [5, 5.41) is 0.900. The summed E-state index contributed by atoms with van der Waals surface area (Å²) in [6, 6.07) is 14.6. The van der Waals surface area contributed by atoms with Crippen LogP contribution >= 0.6 is 23.2 Å². The molecule has 0 saturated heterocycles. The molecule has 0 unspecified atom stereocenters. The zero-order valence-electron chi connectivity index (χ0n) is 12.7. The minimum absolute atomic E-state index is 0.169. The standard InChI is InChI=1S/C17H17Cl2NO3/c1-2-21-17(20-13-8-9-15(18)16(19)12-13)23-11-10-22-14-6-4-3-5-7-14/h3-9,12H,2,10-11H2,1H3. The van der Waals surface area contributed by atoms with Crippen LogP contribution in [0.2, 0.25) is 10.0 Å². The number of hydrogen-bond acceptors (Lipinski definition) is 4. The van der Waals surface area contributed by atoms with Crippen molar-refractivity contribution < 1.29 is 14.2 Å². The fourth-order valence-corrected chi connectivity index (χ4v) is 1.99. The molecule has 0 aromatic heterocycles. The first-order valence-electron chi connectivity index (χ1n) is 7.16. The first kappa shape index (κ1) is 17.4. The molecule has 0 atom stereocenters. The van der Waals surface area contributed by atoms with E-state index in [0.717, 1.165) is 5.75 Å². The fraction of sp³-hybridized carbons (Fsp3) is 0.235. The average molecular weight is 354 g/mol. The van der Waals surface area contributed by atoms with Gasteiger partial charge in [-0.15, -0.1) is 0 Å². The summed E-state index contributed by atoms with van der Waals surface area (Å²) in [6.07, 6.45) is 0.169. The Labute approximate surface area is 145 Å². The van der Waals surface area contributed by atoms with Gasteiger partial charge >= 0.3 is 6.08 Å². The van der Waals surface area contributed by atoms with Crippen molar-refractivity contribution in [3.05, 3.63) is 58.6 Å². The highest BCUT2D eigenvalue weighted by Gasteiger charge is 2.04. The number of halogens is 2. The molecule has 6 heteroatoms. The molecule has 23 heavy (non-hydrogen) atoms. The van der Waals surface area contributed by atoms with Gasteiger partial charge in [0.1, 0.15) is 19.0 Å². The third-order valence-electron chi connectivity index (χ3n) is 2.71. The predicted octanol–water partition coefficient (Wildman–Crippen LogP) is 5.11. The Kier molecular flexibility index (Phi) is 7.04. The van der Waals surface area contributed by atoms with Gasteiger partial charge in [-0.3, -0.25) is 0 Å². The lowest BCUT2D eigenvalue weighted by atomic mass is 10.3. The maximum absolute atomic E-state index is 5.97. The lowest BCUT2D eigenvalue weighted by Gasteiger charge is -2.10. The lowest BCUT2D eigenvalue weighted by molar-refractivity contribution is 0.142. The van der Waals surface area contributed by atoms with Gasteiger partial charge in [0.05, 0.1) is 22.3 Å². The highest BCUT2D eigenvalue weighted by atomic mass is 35.5. The molecule has 0 heterocycles.